The Kier molecular flexibility index (Phi) is 4.92. The predicted molar refractivity (Wildman–Crippen MR) is 96.5 cm³/mol. The summed E-state index contributed by atoms with van der Waals surface area (Å²) < 4.78 is 30.0. The van der Waals surface area contributed by atoms with Crippen LogP contribution < -0.4 is 4.90 Å². The van der Waals surface area contributed by atoms with Gasteiger partial charge in [0, 0.05) is 23.4 Å². The number of hydrogen-bond acceptors (Lipinski definition) is 4. The molecule has 0 unspecified atom stereocenters. The number of anilines is 1. The van der Waals surface area contributed by atoms with Crippen LogP contribution in [0, 0.1) is 0 Å². The molecule has 2 aromatic rings. The van der Waals surface area contributed by atoms with Crippen LogP contribution in [0.5, 0.6) is 0 Å². The molecule has 25 heavy (non-hydrogen) atoms. The molecule has 6 heteroatoms. The smallest absolute Gasteiger partial charge is 0.258 e. The molecule has 1 aliphatic rings. The van der Waals surface area contributed by atoms with E-state index in [0.717, 1.165) is 11.3 Å². The first kappa shape index (κ1) is 17.6. The second kappa shape index (κ2) is 6.98. The van der Waals surface area contributed by atoms with Gasteiger partial charge in [0.25, 0.3) is 5.91 Å². The van der Waals surface area contributed by atoms with Crippen molar-refractivity contribution in [2.45, 2.75) is 30.6 Å². The van der Waals surface area contributed by atoms with Crippen LogP contribution in [0.1, 0.15) is 29.8 Å². The van der Waals surface area contributed by atoms with Gasteiger partial charge < -0.3 is 9.64 Å². The largest absolute Gasteiger partial charge is 0.375 e. The first-order chi connectivity index (χ1) is 11.9. The van der Waals surface area contributed by atoms with E-state index in [-0.39, 0.29) is 10.8 Å². The molecule has 1 heterocycles. The first-order valence-electron chi connectivity index (χ1n) is 8.23. The van der Waals surface area contributed by atoms with E-state index in [2.05, 4.69) is 0 Å². The number of benzene rings is 2. The summed E-state index contributed by atoms with van der Waals surface area (Å²) in [5.41, 5.74) is 2.26. The molecular formula is C19H21NO4S. The Morgan fingerprint density at radius 1 is 1.08 bits per heavy atom. The summed E-state index contributed by atoms with van der Waals surface area (Å²) in [5, 5.41) is -0.497. The minimum Gasteiger partial charge on any atom is -0.375 e. The average molecular weight is 359 g/mol. The molecule has 132 valence electrons. The van der Waals surface area contributed by atoms with E-state index in [1.54, 1.807) is 30.9 Å². The van der Waals surface area contributed by atoms with Gasteiger partial charge in [0.05, 0.1) is 23.4 Å². The summed E-state index contributed by atoms with van der Waals surface area (Å²) in [6, 6.07) is 13.8. The fourth-order valence-electron chi connectivity index (χ4n) is 2.78. The molecule has 1 amide bonds. The van der Waals surface area contributed by atoms with E-state index >= 15 is 0 Å². The number of hydrogen-bond donors (Lipinski definition) is 0. The predicted octanol–water partition coefficient (Wildman–Crippen LogP) is 3.05. The van der Waals surface area contributed by atoms with E-state index in [1.807, 2.05) is 24.3 Å². The van der Waals surface area contributed by atoms with Crippen molar-refractivity contribution in [2.24, 2.45) is 0 Å². The monoisotopic (exact) mass is 359 g/mol. The maximum absolute atomic E-state index is 12.9. The Bertz CT molecular complexity index is 873. The van der Waals surface area contributed by atoms with E-state index < -0.39 is 15.1 Å². The van der Waals surface area contributed by atoms with Crippen molar-refractivity contribution < 1.29 is 17.9 Å². The SMILES string of the molecule is CC(C)S(=O)(=O)c1ccc(C(=O)N2CCOCc3ccccc32)cc1. The van der Waals surface area contributed by atoms with Gasteiger partial charge in [0.1, 0.15) is 0 Å². The molecule has 0 atom stereocenters. The Morgan fingerprint density at radius 3 is 2.44 bits per heavy atom. The van der Waals surface area contributed by atoms with E-state index in [4.69, 9.17) is 4.74 Å². The lowest BCUT2D eigenvalue weighted by Gasteiger charge is -2.22. The molecule has 0 fully saturated rings. The third-order valence-corrected chi connectivity index (χ3v) is 6.47. The van der Waals surface area contributed by atoms with Gasteiger partial charge >= 0.3 is 0 Å². The molecule has 0 saturated heterocycles. The van der Waals surface area contributed by atoms with Crippen LogP contribution in [0.15, 0.2) is 53.4 Å². The topological polar surface area (TPSA) is 63.7 Å². The second-order valence-electron chi connectivity index (χ2n) is 6.26. The highest BCUT2D eigenvalue weighted by atomic mass is 32.2. The summed E-state index contributed by atoms with van der Waals surface area (Å²) in [5.74, 6) is -0.161. The quantitative estimate of drug-likeness (QED) is 0.845. The lowest BCUT2D eigenvalue weighted by Crippen LogP contribution is -2.33. The van der Waals surface area contributed by atoms with E-state index in [1.165, 1.54) is 12.1 Å². The van der Waals surface area contributed by atoms with Crippen LogP contribution in [-0.2, 0) is 21.2 Å². The summed E-state index contributed by atoms with van der Waals surface area (Å²) in [7, 11) is -3.34. The van der Waals surface area contributed by atoms with Crippen LogP contribution in [0.4, 0.5) is 5.69 Å². The summed E-state index contributed by atoms with van der Waals surface area (Å²) in [6.07, 6.45) is 0. The van der Waals surface area contributed by atoms with Gasteiger partial charge in [0.2, 0.25) is 0 Å². The van der Waals surface area contributed by atoms with Gasteiger partial charge in [-0.25, -0.2) is 8.42 Å². The summed E-state index contributed by atoms with van der Waals surface area (Å²) in [6.45, 7) is 4.68. The highest BCUT2D eigenvalue weighted by molar-refractivity contribution is 7.92. The van der Waals surface area contributed by atoms with Gasteiger partial charge in [-0.05, 0) is 44.2 Å². The Hall–Kier alpha value is -2.18. The molecule has 0 saturated carbocycles. The van der Waals surface area contributed by atoms with Crippen molar-refractivity contribution in [2.75, 3.05) is 18.1 Å². The van der Waals surface area contributed by atoms with Crippen molar-refractivity contribution in [1.82, 2.24) is 0 Å². The third kappa shape index (κ3) is 3.45. The van der Waals surface area contributed by atoms with Crippen molar-refractivity contribution >= 4 is 21.4 Å². The fraction of sp³-hybridized carbons (Fsp3) is 0.316. The van der Waals surface area contributed by atoms with Crippen LogP contribution in [-0.4, -0.2) is 32.7 Å². The molecule has 0 aromatic heterocycles. The number of fused-ring (bicyclic) bond motifs is 1. The molecule has 0 bridgehead atoms. The van der Waals surface area contributed by atoms with Crippen molar-refractivity contribution in [1.29, 1.82) is 0 Å². The van der Waals surface area contributed by atoms with Gasteiger partial charge in [-0.15, -0.1) is 0 Å². The van der Waals surface area contributed by atoms with Gasteiger partial charge in [0.15, 0.2) is 9.84 Å². The van der Waals surface area contributed by atoms with Crippen molar-refractivity contribution in [3.8, 4) is 0 Å². The lowest BCUT2D eigenvalue weighted by molar-refractivity contribution is 0.0966. The number of amides is 1. The van der Waals surface area contributed by atoms with Crippen LogP contribution in [0.3, 0.4) is 0 Å². The zero-order chi connectivity index (χ0) is 18.0. The highest BCUT2D eigenvalue weighted by Gasteiger charge is 2.24. The zero-order valence-electron chi connectivity index (χ0n) is 14.3. The summed E-state index contributed by atoms with van der Waals surface area (Å²) >= 11 is 0. The molecule has 5 nitrogen and oxygen atoms in total. The molecule has 2 aromatic carbocycles. The highest BCUT2D eigenvalue weighted by Crippen LogP contribution is 2.26. The maximum Gasteiger partial charge on any atom is 0.258 e. The van der Waals surface area contributed by atoms with Crippen LogP contribution >= 0.6 is 0 Å². The van der Waals surface area contributed by atoms with E-state index in [9.17, 15) is 13.2 Å². The Morgan fingerprint density at radius 2 is 1.76 bits per heavy atom. The average Bonchev–Trinajstić information content (AvgIpc) is 2.83. The van der Waals surface area contributed by atoms with Crippen LogP contribution in [0.25, 0.3) is 0 Å². The van der Waals surface area contributed by atoms with Gasteiger partial charge in [-0.2, -0.15) is 0 Å². The van der Waals surface area contributed by atoms with Crippen LogP contribution in [0.2, 0.25) is 0 Å². The molecule has 3 rings (SSSR count). The van der Waals surface area contributed by atoms with Crippen molar-refractivity contribution in [3.05, 3.63) is 59.7 Å². The Balaban J connectivity index is 1.91. The first-order valence-corrected chi connectivity index (χ1v) is 9.77. The molecule has 0 radical (unpaired) electrons. The molecule has 0 spiro atoms. The molecule has 0 aliphatic carbocycles. The number of carbonyl (C=O) groups excluding carboxylic acids is 1. The minimum atomic E-state index is -3.34. The fourth-order valence-corrected chi connectivity index (χ4v) is 3.84. The number of para-hydroxylation sites is 1. The zero-order valence-corrected chi connectivity index (χ0v) is 15.1. The van der Waals surface area contributed by atoms with E-state index in [0.29, 0.717) is 25.3 Å². The molecular weight excluding hydrogens is 338 g/mol. The number of sulfone groups is 1. The third-order valence-electron chi connectivity index (χ3n) is 4.29. The minimum absolute atomic E-state index is 0.161. The molecule has 0 N–H and O–H groups in total. The maximum atomic E-state index is 12.9. The number of rotatable bonds is 3. The number of ether oxygens (including phenoxy) is 1. The normalized spacial score (nSPS) is 14.9. The number of carbonyl (C=O) groups is 1. The Labute approximate surface area is 148 Å². The number of nitrogens with zero attached hydrogens (tertiary/aromatic N) is 1. The molecule has 1 aliphatic heterocycles. The standard InChI is InChI=1S/C19H21NO4S/c1-14(2)25(22,23)17-9-7-15(8-10-17)19(21)20-11-12-24-13-16-5-3-4-6-18(16)20/h3-10,14H,11-13H2,1-2H3. The second-order valence-corrected chi connectivity index (χ2v) is 8.76. The van der Waals surface area contributed by atoms with Crippen molar-refractivity contribution in [3.63, 3.8) is 0 Å². The summed E-state index contributed by atoms with van der Waals surface area (Å²) in [4.78, 5) is 14.9. The van der Waals surface area contributed by atoms with Gasteiger partial charge in [-0.1, -0.05) is 18.2 Å². The van der Waals surface area contributed by atoms with Gasteiger partial charge in [-0.3, -0.25) is 4.79 Å². The lowest BCUT2D eigenvalue weighted by atomic mass is 10.1.